The molecule has 0 bridgehead atoms. The molecule has 0 aliphatic heterocycles. The molecular weight excluding hydrogens is 278 g/mol. The minimum Gasteiger partial charge on any atom is -0.319 e. The van der Waals surface area contributed by atoms with Crippen LogP contribution in [0.5, 0.6) is 0 Å². The Bertz CT molecular complexity index is 914. The number of carbonyl (C=O) groups excluding carboxylic acids is 1. The summed E-state index contributed by atoms with van der Waals surface area (Å²) in [6, 6.07) is 10.8. The van der Waals surface area contributed by atoms with Gasteiger partial charge in [0.15, 0.2) is 0 Å². The normalized spacial score (nSPS) is 10.6. The van der Waals surface area contributed by atoms with Gasteiger partial charge in [-0.15, -0.1) is 0 Å². The van der Waals surface area contributed by atoms with E-state index in [-0.39, 0.29) is 11.5 Å². The smallest absolute Gasteiger partial charge is 0.272 e. The van der Waals surface area contributed by atoms with Crippen molar-refractivity contribution in [2.75, 3.05) is 5.32 Å². The van der Waals surface area contributed by atoms with Crippen LogP contribution >= 0.6 is 0 Å². The Morgan fingerprint density at radius 3 is 2.77 bits per heavy atom. The molecule has 2 aromatic heterocycles. The van der Waals surface area contributed by atoms with Gasteiger partial charge in [-0.3, -0.25) is 14.6 Å². The highest BCUT2D eigenvalue weighted by Gasteiger charge is 2.13. The van der Waals surface area contributed by atoms with Gasteiger partial charge in [0.25, 0.3) is 11.5 Å². The average Bonchev–Trinajstić information content (AvgIpc) is 2.52. The number of amides is 1. The lowest BCUT2D eigenvalue weighted by Gasteiger charge is -2.11. The predicted molar refractivity (Wildman–Crippen MR) is 86.1 cm³/mol. The highest BCUT2D eigenvalue weighted by atomic mass is 16.2. The minimum atomic E-state index is -0.338. The number of aromatic nitrogens is 2. The number of rotatable bonds is 2. The molecule has 0 fully saturated rings. The van der Waals surface area contributed by atoms with E-state index < -0.39 is 0 Å². The summed E-state index contributed by atoms with van der Waals surface area (Å²) >= 11 is 0. The molecule has 0 aliphatic carbocycles. The SMILES string of the molecule is Cc1ccc2cc(C(=O)Nc3cccnc3)n(C)c(=O)c2c1. The van der Waals surface area contributed by atoms with Gasteiger partial charge in [-0.25, -0.2) is 0 Å². The summed E-state index contributed by atoms with van der Waals surface area (Å²) in [5.41, 5.74) is 1.73. The molecule has 0 unspecified atom stereocenters. The van der Waals surface area contributed by atoms with Crippen molar-refractivity contribution in [1.82, 2.24) is 9.55 Å². The van der Waals surface area contributed by atoms with Gasteiger partial charge in [-0.1, -0.05) is 17.7 Å². The maximum atomic E-state index is 12.4. The van der Waals surface area contributed by atoms with Crippen LogP contribution in [-0.4, -0.2) is 15.5 Å². The van der Waals surface area contributed by atoms with Crippen molar-refractivity contribution in [3.05, 3.63) is 70.4 Å². The lowest BCUT2D eigenvalue weighted by molar-refractivity contribution is 0.101. The van der Waals surface area contributed by atoms with Crippen LogP contribution in [0.25, 0.3) is 10.8 Å². The first-order chi connectivity index (χ1) is 10.6. The molecule has 0 atom stereocenters. The highest BCUT2D eigenvalue weighted by molar-refractivity contribution is 6.05. The molecule has 22 heavy (non-hydrogen) atoms. The van der Waals surface area contributed by atoms with E-state index >= 15 is 0 Å². The maximum Gasteiger partial charge on any atom is 0.272 e. The molecule has 3 aromatic rings. The molecule has 0 spiro atoms. The fraction of sp³-hybridized carbons (Fsp3) is 0.118. The van der Waals surface area contributed by atoms with Crippen molar-refractivity contribution in [1.29, 1.82) is 0 Å². The molecule has 0 aliphatic rings. The Hall–Kier alpha value is -2.95. The topological polar surface area (TPSA) is 64.0 Å². The van der Waals surface area contributed by atoms with Gasteiger partial charge in [0.2, 0.25) is 0 Å². The quantitative estimate of drug-likeness (QED) is 0.789. The van der Waals surface area contributed by atoms with E-state index in [1.807, 2.05) is 25.1 Å². The van der Waals surface area contributed by atoms with Crippen LogP contribution in [0.2, 0.25) is 0 Å². The van der Waals surface area contributed by atoms with E-state index in [2.05, 4.69) is 10.3 Å². The molecule has 1 aromatic carbocycles. The Kier molecular flexibility index (Phi) is 3.47. The van der Waals surface area contributed by atoms with Crippen LogP contribution in [0, 0.1) is 6.92 Å². The Morgan fingerprint density at radius 1 is 1.23 bits per heavy atom. The van der Waals surface area contributed by atoms with E-state index in [4.69, 9.17) is 0 Å². The summed E-state index contributed by atoms with van der Waals surface area (Å²) in [5.74, 6) is -0.338. The monoisotopic (exact) mass is 293 g/mol. The van der Waals surface area contributed by atoms with Crippen molar-refractivity contribution in [2.45, 2.75) is 6.92 Å². The van der Waals surface area contributed by atoms with Crippen molar-refractivity contribution < 1.29 is 4.79 Å². The minimum absolute atomic E-state index is 0.183. The molecule has 2 heterocycles. The standard InChI is InChI=1S/C17H15N3O2/c1-11-5-6-12-9-15(20(2)17(22)14(12)8-11)16(21)19-13-4-3-7-18-10-13/h3-10H,1-2H3,(H,19,21). The first-order valence-electron chi connectivity index (χ1n) is 6.88. The van der Waals surface area contributed by atoms with Gasteiger partial charge in [-0.05, 0) is 36.6 Å². The molecular formula is C17H15N3O2. The number of aryl methyl sites for hydroxylation is 1. The fourth-order valence-corrected chi connectivity index (χ4v) is 2.37. The van der Waals surface area contributed by atoms with Crippen molar-refractivity contribution in [3.8, 4) is 0 Å². The molecule has 3 rings (SSSR count). The van der Waals surface area contributed by atoms with Crippen LogP contribution in [0.15, 0.2) is 53.6 Å². The number of pyridine rings is 2. The van der Waals surface area contributed by atoms with Gasteiger partial charge in [0.05, 0.1) is 11.9 Å². The number of benzene rings is 1. The molecule has 110 valence electrons. The van der Waals surface area contributed by atoms with Gasteiger partial charge < -0.3 is 9.88 Å². The molecule has 1 amide bonds. The molecule has 5 heteroatoms. The summed E-state index contributed by atoms with van der Waals surface area (Å²) in [7, 11) is 1.60. The average molecular weight is 293 g/mol. The summed E-state index contributed by atoms with van der Waals surface area (Å²) in [4.78, 5) is 28.8. The van der Waals surface area contributed by atoms with Crippen LogP contribution < -0.4 is 10.9 Å². The third-order valence-corrected chi connectivity index (χ3v) is 3.55. The number of hydrogen-bond acceptors (Lipinski definition) is 3. The van der Waals surface area contributed by atoms with Gasteiger partial charge >= 0.3 is 0 Å². The summed E-state index contributed by atoms with van der Waals surface area (Å²) < 4.78 is 1.37. The second-order valence-electron chi connectivity index (χ2n) is 5.18. The number of fused-ring (bicyclic) bond motifs is 1. The summed E-state index contributed by atoms with van der Waals surface area (Å²) in [5, 5.41) is 4.11. The van der Waals surface area contributed by atoms with E-state index in [1.54, 1.807) is 37.6 Å². The summed E-state index contributed by atoms with van der Waals surface area (Å²) in [6.07, 6.45) is 3.18. The fourth-order valence-electron chi connectivity index (χ4n) is 2.37. The molecule has 0 radical (unpaired) electrons. The maximum absolute atomic E-state index is 12.4. The molecule has 0 saturated heterocycles. The highest BCUT2D eigenvalue weighted by Crippen LogP contribution is 2.15. The van der Waals surface area contributed by atoms with E-state index in [9.17, 15) is 9.59 Å². The number of hydrogen-bond donors (Lipinski definition) is 1. The number of nitrogens with one attached hydrogen (secondary N) is 1. The third-order valence-electron chi connectivity index (χ3n) is 3.55. The molecule has 1 N–H and O–H groups in total. The largest absolute Gasteiger partial charge is 0.319 e. The predicted octanol–water partition coefficient (Wildman–Crippen LogP) is 2.49. The van der Waals surface area contributed by atoms with Crippen molar-refractivity contribution in [2.24, 2.45) is 7.05 Å². The van der Waals surface area contributed by atoms with Crippen molar-refractivity contribution >= 4 is 22.4 Å². The van der Waals surface area contributed by atoms with E-state index in [0.29, 0.717) is 16.8 Å². The second kappa shape index (κ2) is 5.44. The van der Waals surface area contributed by atoms with E-state index in [0.717, 1.165) is 10.9 Å². The first-order valence-corrected chi connectivity index (χ1v) is 6.88. The zero-order valence-corrected chi connectivity index (χ0v) is 12.3. The first kappa shape index (κ1) is 14.0. The molecule has 5 nitrogen and oxygen atoms in total. The van der Waals surface area contributed by atoms with Crippen LogP contribution in [-0.2, 0) is 7.05 Å². The lowest BCUT2D eigenvalue weighted by Crippen LogP contribution is -2.26. The van der Waals surface area contributed by atoms with Crippen LogP contribution in [0.3, 0.4) is 0 Å². The lowest BCUT2D eigenvalue weighted by atomic mass is 10.1. The van der Waals surface area contributed by atoms with Crippen LogP contribution in [0.1, 0.15) is 16.1 Å². The Labute approximate surface area is 127 Å². The van der Waals surface area contributed by atoms with Gasteiger partial charge in [-0.2, -0.15) is 0 Å². The number of carbonyl (C=O) groups is 1. The Morgan fingerprint density at radius 2 is 2.05 bits per heavy atom. The van der Waals surface area contributed by atoms with E-state index in [1.165, 1.54) is 4.57 Å². The zero-order valence-electron chi connectivity index (χ0n) is 12.3. The number of nitrogens with zero attached hydrogens (tertiary/aromatic N) is 2. The third kappa shape index (κ3) is 2.48. The summed E-state index contributed by atoms with van der Waals surface area (Å²) in [6.45, 7) is 1.93. The Balaban J connectivity index is 2.07. The van der Waals surface area contributed by atoms with Gasteiger partial charge in [0.1, 0.15) is 5.69 Å². The van der Waals surface area contributed by atoms with Crippen molar-refractivity contribution in [3.63, 3.8) is 0 Å². The zero-order chi connectivity index (χ0) is 15.7. The van der Waals surface area contributed by atoms with Crippen LogP contribution in [0.4, 0.5) is 5.69 Å². The van der Waals surface area contributed by atoms with Gasteiger partial charge in [0, 0.05) is 18.6 Å². The number of anilines is 1. The molecule has 0 saturated carbocycles. The second-order valence-corrected chi connectivity index (χ2v) is 5.18.